The van der Waals surface area contributed by atoms with Gasteiger partial charge < -0.3 is 20.6 Å². The van der Waals surface area contributed by atoms with Gasteiger partial charge in [-0.25, -0.2) is 13.8 Å². The molecule has 0 radical (unpaired) electrons. The maximum atomic E-state index is 14.5. The maximum Gasteiger partial charge on any atom is 1.00 e. The zero-order chi connectivity index (χ0) is 16.0. The third kappa shape index (κ3) is 3.02. The Morgan fingerprint density at radius 1 is 1.26 bits per heavy atom. The molecule has 1 aromatic carbocycles. The van der Waals surface area contributed by atoms with E-state index < -0.39 is 39.7 Å². The van der Waals surface area contributed by atoms with Gasteiger partial charge in [-0.3, -0.25) is 0 Å². The Hall–Kier alpha value is -1.03. The summed E-state index contributed by atoms with van der Waals surface area (Å²) < 4.78 is 28.7. The number of nitrogens with zero attached hydrogens (tertiary/aromatic N) is 1. The summed E-state index contributed by atoms with van der Waals surface area (Å²) in [6.45, 7) is 0. The van der Waals surface area contributed by atoms with Crippen molar-refractivity contribution in [3.8, 4) is 11.3 Å². The van der Waals surface area contributed by atoms with Crippen LogP contribution in [0.2, 0.25) is 5.02 Å². The number of aromatic carboxylic acids is 1. The molecular weight excluding hydrogens is 355 g/mol. The van der Waals surface area contributed by atoms with Gasteiger partial charge in [0, 0.05) is 17.1 Å². The Balaban J connectivity index is 0.00000192. The Morgan fingerprint density at radius 2 is 1.96 bits per heavy atom. The van der Waals surface area contributed by atoms with Crippen LogP contribution in [0.5, 0.6) is 0 Å². The van der Waals surface area contributed by atoms with Gasteiger partial charge in [-0.15, -0.1) is 0 Å². The first-order chi connectivity index (χ1) is 10.4. The number of hydrogen-bond donors (Lipinski definition) is 2. The topological polar surface area (TPSA) is 94.8 Å². The van der Waals surface area contributed by atoms with E-state index in [1.165, 1.54) is 18.3 Å². The minimum absolute atomic E-state index is 0. The second kappa shape index (κ2) is 6.84. The summed E-state index contributed by atoms with van der Waals surface area (Å²) in [6.07, 6.45) is 1.52. The molecule has 0 saturated carbocycles. The Bertz CT molecular complexity index is 930. The van der Waals surface area contributed by atoms with E-state index in [9.17, 15) is 18.7 Å². The van der Waals surface area contributed by atoms with Crippen LogP contribution >= 0.6 is 11.6 Å². The van der Waals surface area contributed by atoms with Crippen LogP contribution in [0.4, 0.5) is 14.5 Å². The summed E-state index contributed by atoms with van der Waals surface area (Å²) >= 11 is 5.62. The van der Waals surface area contributed by atoms with Crippen LogP contribution in [-0.4, -0.2) is 15.9 Å². The molecule has 0 amide bonds. The monoisotopic (exact) mass is 361 g/mol. The molecule has 0 spiro atoms. The van der Waals surface area contributed by atoms with Gasteiger partial charge in [-0.05, 0) is 12.1 Å². The number of anilines is 1. The van der Waals surface area contributed by atoms with Gasteiger partial charge in [0.25, 0.3) is 0 Å². The quantitative estimate of drug-likeness (QED) is 0.579. The van der Waals surface area contributed by atoms with Crippen molar-refractivity contribution in [1.29, 1.82) is 0 Å². The fourth-order valence-electron chi connectivity index (χ4n) is 2.15. The molecule has 0 bridgehead atoms. The zero-order valence-electron chi connectivity index (χ0n) is 11.8. The molecular formula is C14H7ClF2KN3O2. The van der Waals surface area contributed by atoms with Gasteiger partial charge >= 0.3 is 51.4 Å². The van der Waals surface area contributed by atoms with E-state index in [4.69, 9.17) is 17.3 Å². The van der Waals surface area contributed by atoms with Crippen LogP contribution < -0.4 is 62.2 Å². The van der Waals surface area contributed by atoms with Crippen molar-refractivity contribution in [3.05, 3.63) is 46.7 Å². The summed E-state index contributed by atoms with van der Waals surface area (Å²) in [6, 6.07) is 4.45. The summed E-state index contributed by atoms with van der Waals surface area (Å²) in [4.78, 5) is 17.2. The van der Waals surface area contributed by atoms with Crippen molar-refractivity contribution >= 4 is 34.2 Å². The van der Waals surface area contributed by atoms with Gasteiger partial charge in [0.2, 0.25) is 0 Å². The molecule has 112 valence electrons. The minimum Gasteiger partial charge on any atom is -0.543 e. The molecule has 23 heavy (non-hydrogen) atoms. The molecule has 0 unspecified atom stereocenters. The smallest absolute Gasteiger partial charge is 0.543 e. The van der Waals surface area contributed by atoms with Gasteiger partial charge in [0.15, 0.2) is 11.6 Å². The molecule has 0 atom stereocenters. The molecule has 2 aromatic heterocycles. The van der Waals surface area contributed by atoms with Crippen molar-refractivity contribution < 1.29 is 70.1 Å². The molecule has 0 aliphatic carbocycles. The fraction of sp³-hybridized carbons (Fsp3) is 0. The van der Waals surface area contributed by atoms with E-state index in [-0.39, 0.29) is 62.5 Å². The number of nitrogen functional groups attached to an aromatic ring is 1. The average Bonchev–Trinajstić information content (AvgIpc) is 2.95. The molecule has 9 heteroatoms. The molecule has 3 N–H and O–H groups in total. The fourth-order valence-corrected chi connectivity index (χ4v) is 2.35. The van der Waals surface area contributed by atoms with Gasteiger partial charge in [0.05, 0.1) is 22.2 Å². The SMILES string of the molecule is Nc1c(F)c(-c2ccc3cc[nH]c3c2F)nc(C(=O)[O-])c1Cl.[K+]. The van der Waals surface area contributed by atoms with Crippen LogP contribution in [0.3, 0.4) is 0 Å². The van der Waals surface area contributed by atoms with Gasteiger partial charge in [0.1, 0.15) is 11.4 Å². The van der Waals surface area contributed by atoms with Crippen molar-refractivity contribution in [3.63, 3.8) is 0 Å². The number of H-pyrrole nitrogens is 1. The van der Waals surface area contributed by atoms with Crippen LogP contribution in [0.1, 0.15) is 10.5 Å². The Morgan fingerprint density at radius 3 is 2.61 bits per heavy atom. The molecule has 0 aliphatic rings. The average molecular weight is 362 g/mol. The number of hydrogen-bond acceptors (Lipinski definition) is 4. The van der Waals surface area contributed by atoms with Gasteiger partial charge in [-0.2, -0.15) is 0 Å². The summed E-state index contributed by atoms with van der Waals surface area (Å²) in [5.74, 6) is -3.61. The standard InChI is InChI=1S/C14H8ClF2N3O2.K/c15-7-10(18)9(17)12(20-13(7)14(21)22)6-2-1-5-3-4-19-11(5)8(6)16;/h1-4,19H,(H2,18,20)(H,21,22);/q;+1/p-1. The summed E-state index contributed by atoms with van der Waals surface area (Å²) in [5, 5.41) is 11.0. The second-order valence-corrected chi connectivity index (χ2v) is 4.89. The van der Waals surface area contributed by atoms with Crippen LogP contribution in [0.15, 0.2) is 24.4 Å². The number of nitrogens with two attached hydrogens (primary N) is 1. The first-order valence-electron chi connectivity index (χ1n) is 6.03. The molecule has 3 aromatic rings. The van der Waals surface area contributed by atoms with Crippen LogP contribution in [-0.2, 0) is 0 Å². The van der Waals surface area contributed by atoms with Crippen molar-refractivity contribution in [2.45, 2.75) is 0 Å². The first-order valence-corrected chi connectivity index (χ1v) is 6.41. The minimum atomic E-state index is -1.74. The number of carboxylic acid groups (broad SMARTS) is 1. The number of aromatic nitrogens is 2. The number of carboxylic acids is 1. The predicted molar refractivity (Wildman–Crippen MR) is 75.2 cm³/mol. The molecule has 0 aliphatic heterocycles. The number of carbonyl (C=O) groups is 1. The molecule has 5 nitrogen and oxygen atoms in total. The van der Waals surface area contributed by atoms with E-state index in [0.717, 1.165) is 0 Å². The number of benzene rings is 1. The molecule has 0 saturated heterocycles. The van der Waals surface area contributed by atoms with Crippen molar-refractivity contribution in [2.24, 2.45) is 0 Å². The number of halogens is 3. The number of carbonyl (C=O) groups excluding carboxylic acids is 1. The van der Waals surface area contributed by atoms with Crippen molar-refractivity contribution in [1.82, 2.24) is 9.97 Å². The third-order valence-electron chi connectivity index (χ3n) is 3.23. The Kier molecular flexibility index (Phi) is 5.44. The van der Waals surface area contributed by atoms with Crippen LogP contribution in [0, 0.1) is 11.6 Å². The number of fused-ring (bicyclic) bond motifs is 1. The third-order valence-corrected chi connectivity index (χ3v) is 3.61. The van der Waals surface area contributed by atoms with Crippen molar-refractivity contribution in [2.75, 3.05) is 5.73 Å². The van der Waals surface area contributed by atoms with Crippen LogP contribution in [0.25, 0.3) is 22.2 Å². The second-order valence-electron chi connectivity index (χ2n) is 4.51. The van der Waals surface area contributed by atoms with E-state index >= 15 is 0 Å². The zero-order valence-corrected chi connectivity index (χ0v) is 15.7. The summed E-state index contributed by atoms with van der Waals surface area (Å²) in [7, 11) is 0. The number of nitrogens with one attached hydrogen (secondary N) is 1. The first kappa shape index (κ1) is 18.3. The number of aromatic amines is 1. The number of rotatable bonds is 2. The molecule has 2 heterocycles. The molecule has 0 fully saturated rings. The van der Waals surface area contributed by atoms with E-state index in [1.807, 2.05) is 0 Å². The molecule has 3 rings (SSSR count). The van der Waals surface area contributed by atoms with E-state index in [0.29, 0.717) is 5.39 Å². The van der Waals surface area contributed by atoms with E-state index in [1.54, 1.807) is 6.07 Å². The Labute approximate surface area is 176 Å². The normalized spacial score (nSPS) is 10.6. The number of pyridine rings is 1. The largest absolute Gasteiger partial charge is 1.00 e. The van der Waals surface area contributed by atoms with Gasteiger partial charge in [-0.1, -0.05) is 17.7 Å². The maximum absolute atomic E-state index is 14.5. The van der Waals surface area contributed by atoms with E-state index in [2.05, 4.69) is 9.97 Å². The summed E-state index contributed by atoms with van der Waals surface area (Å²) in [5.41, 5.74) is 3.41. The predicted octanol–water partition coefficient (Wildman–Crippen LogP) is -0.889.